The van der Waals surface area contributed by atoms with Crippen molar-refractivity contribution >= 4 is 0 Å². The SMILES string of the molecule is COc1cc(CN2CC[C@H](Cc3cnn(C)c3)C2)cc2c1OCCO2. The van der Waals surface area contributed by atoms with Gasteiger partial charge in [-0.05, 0) is 48.6 Å². The molecule has 2 aliphatic heterocycles. The molecule has 1 atom stereocenters. The summed E-state index contributed by atoms with van der Waals surface area (Å²) in [5, 5.41) is 4.27. The van der Waals surface area contributed by atoms with Gasteiger partial charge < -0.3 is 14.2 Å². The summed E-state index contributed by atoms with van der Waals surface area (Å²) < 4.78 is 18.8. The Morgan fingerprint density at radius 2 is 2.12 bits per heavy atom. The van der Waals surface area contributed by atoms with Crippen molar-refractivity contribution in [2.75, 3.05) is 33.4 Å². The number of aryl methyl sites for hydroxylation is 1. The van der Waals surface area contributed by atoms with Crippen LogP contribution in [0.2, 0.25) is 0 Å². The summed E-state index contributed by atoms with van der Waals surface area (Å²) in [5.41, 5.74) is 2.54. The first-order chi connectivity index (χ1) is 12.2. The molecule has 25 heavy (non-hydrogen) atoms. The van der Waals surface area contributed by atoms with Crippen molar-refractivity contribution in [3.8, 4) is 17.2 Å². The summed E-state index contributed by atoms with van der Waals surface area (Å²) in [5.74, 6) is 2.99. The van der Waals surface area contributed by atoms with Crippen molar-refractivity contribution in [2.24, 2.45) is 13.0 Å². The van der Waals surface area contributed by atoms with Gasteiger partial charge in [0.05, 0.1) is 13.3 Å². The second-order valence-corrected chi connectivity index (χ2v) is 6.94. The van der Waals surface area contributed by atoms with Gasteiger partial charge in [-0.1, -0.05) is 0 Å². The van der Waals surface area contributed by atoms with Crippen LogP contribution in [-0.2, 0) is 20.0 Å². The third kappa shape index (κ3) is 3.58. The Morgan fingerprint density at radius 3 is 2.92 bits per heavy atom. The molecule has 0 radical (unpaired) electrons. The van der Waals surface area contributed by atoms with Gasteiger partial charge in [0.2, 0.25) is 5.75 Å². The van der Waals surface area contributed by atoms with E-state index in [1.165, 1.54) is 17.5 Å². The molecular formula is C19H25N3O3. The second kappa shape index (κ2) is 6.96. The van der Waals surface area contributed by atoms with Gasteiger partial charge in [-0.2, -0.15) is 5.10 Å². The molecule has 0 saturated carbocycles. The molecule has 0 N–H and O–H groups in total. The second-order valence-electron chi connectivity index (χ2n) is 6.94. The lowest BCUT2D eigenvalue weighted by molar-refractivity contribution is 0.164. The van der Waals surface area contributed by atoms with Crippen LogP contribution < -0.4 is 14.2 Å². The first-order valence-corrected chi connectivity index (χ1v) is 8.87. The molecule has 1 aromatic heterocycles. The van der Waals surface area contributed by atoms with Crippen LogP contribution in [0, 0.1) is 5.92 Å². The lowest BCUT2D eigenvalue weighted by atomic mass is 10.0. The fourth-order valence-corrected chi connectivity index (χ4v) is 3.81. The van der Waals surface area contributed by atoms with Crippen LogP contribution in [0.4, 0.5) is 0 Å². The number of methoxy groups -OCH3 is 1. The normalized spacial score (nSPS) is 20.0. The average molecular weight is 343 g/mol. The minimum absolute atomic E-state index is 0.574. The largest absolute Gasteiger partial charge is 0.493 e. The maximum atomic E-state index is 5.74. The summed E-state index contributed by atoms with van der Waals surface area (Å²) in [7, 11) is 3.65. The summed E-state index contributed by atoms with van der Waals surface area (Å²) in [6.45, 7) is 4.32. The molecule has 1 fully saturated rings. The van der Waals surface area contributed by atoms with E-state index in [0.29, 0.717) is 19.1 Å². The fraction of sp³-hybridized carbons (Fsp3) is 0.526. The zero-order chi connectivity index (χ0) is 17.2. The molecule has 1 aromatic carbocycles. The third-order valence-electron chi connectivity index (χ3n) is 4.95. The van der Waals surface area contributed by atoms with E-state index >= 15 is 0 Å². The van der Waals surface area contributed by atoms with Crippen LogP contribution in [0.1, 0.15) is 17.5 Å². The Morgan fingerprint density at radius 1 is 1.24 bits per heavy atom. The van der Waals surface area contributed by atoms with Crippen LogP contribution >= 0.6 is 0 Å². The number of hydrogen-bond donors (Lipinski definition) is 0. The number of likely N-dealkylation sites (tertiary alicyclic amines) is 1. The highest BCUT2D eigenvalue weighted by Crippen LogP contribution is 2.40. The highest BCUT2D eigenvalue weighted by molar-refractivity contribution is 5.54. The molecule has 1 saturated heterocycles. The van der Waals surface area contributed by atoms with Crippen LogP contribution in [0.3, 0.4) is 0 Å². The van der Waals surface area contributed by atoms with Crippen molar-refractivity contribution in [3.63, 3.8) is 0 Å². The van der Waals surface area contributed by atoms with Gasteiger partial charge in [0, 0.05) is 26.3 Å². The van der Waals surface area contributed by atoms with E-state index in [9.17, 15) is 0 Å². The van der Waals surface area contributed by atoms with Crippen LogP contribution in [-0.4, -0.2) is 48.1 Å². The van der Waals surface area contributed by atoms with Crippen LogP contribution in [0.15, 0.2) is 24.5 Å². The molecule has 0 unspecified atom stereocenters. The Kier molecular flexibility index (Phi) is 4.53. The number of aromatic nitrogens is 2. The summed E-state index contributed by atoms with van der Waals surface area (Å²) >= 11 is 0. The number of rotatable bonds is 5. The van der Waals surface area contributed by atoms with Gasteiger partial charge in [0.15, 0.2) is 11.5 Å². The minimum atomic E-state index is 0.574. The number of fused-ring (bicyclic) bond motifs is 1. The van der Waals surface area contributed by atoms with E-state index in [1.54, 1.807) is 7.11 Å². The van der Waals surface area contributed by atoms with Crippen molar-refractivity contribution in [2.45, 2.75) is 19.4 Å². The van der Waals surface area contributed by atoms with Gasteiger partial charge in [-0.3, -0.25) is 9.58 Å². The monoisotopic (exact) mass is 343 g/mol. The van der Waals surface area contributed by atoms with E-state index < -0.39 is 0 Å². The van der Waals surface area contributed by atoms with Gasteiger partial charge in [-0.25, -0.2) is 0 Å². The lowest BCUT2D eigenvalue weighted by Gasteiger charge is -2.23. The van der Waals surface area contributed by atoms with Crippen LogP contribution in [0.5, 0.6) is 17.2 Å². The number of ether oxygens (including phenoxy) is 3. The van der Waals surface area contributed by atoms with Crippen molar-refractivity contribution in [1.82, 2.24) is 14.7 Å². The summed E-state index contributed by atoms with van der Waals surface area (Å²) in [6.07, 6.45) is 6.44. The van der Waals surface area contributed by atoms with Gasteiger partial charge in [0.1, 0.15) is 13.2 Å². The average Bonchev–Trinajstić information content (AvgIpc) is 3.23. The Balaban J connectivity index is 1.41. The molecule has 6 nitrogen and oxygen atoms in total. The molecule has 0 amide bonds. The Hall–Kier alpha value is -2.21. The molecule has 4 rings (SSSR count). The number of hydrogen-bond acceptors (Lipinski definition) is 5. The van der Waals surface area contributed by atoms with Gasteiger partial charge in [0.25, 0.3) is 0 Å². The van der Waals surface area contributed by atoms with Gasteiger partial charge >= 0.3 is 0 Å². The van der Waals surface area contributed by atoms with E-state index in [-0.39, 0.29) is 0 Å². The molecule has 3 heterocycles. The van der Waals surface area contributed by atoms with Crippen molar-refractivity contribution < 1.29 is 14.2 Å². The Labute approximate surface area is 148 Å². The van der Waals surface area contributed by atoms with E-state index in [0.717, 1.165) is 43.3 Å². The predicted octanol–water partition coefficient (Wildman–Crippen LogP) is 2.26. The minimum Gasteiger partial charge on any atom is -0.493 e. The molecule has 134 valence electrons. The van der Waals surface area contributed by atoms with E-state index in [2.05, 4.69) is 28.3 Å². The first kappa shape index (κ1) is 16.3. The number of benzene rings is 1. The maximum Gasteiger partial charge on any atom is 0.203 e. The smallest absolute Gasteiger partial charge is 0.203 e. The molecule has 2 aliphatic rings. The zero-order valence-electron chi connectivity index (χ0n) is 14.9. The highest BCUT2D eigenvalue weighted by atomic mass is 16.6. The Bertz CT molecular complexity index is 726. The van der Waals surface area contributed by atoms with E-state index in [1.807, 2.05) is 17.9 Å². The summed E-state index contributed by atoms with van der Waals surface area (Å²) in [6, 6.07) is 4.16. The topological polar surface area (TPSA) is 48.8 Å². The quantitative estimate of drug-likeness (QED) is 0.833. The molecular weight excluding hydrogens is 318 g/mol. The molecule has 0 bridgehead atoms. The zero-order valence-corrected chi connectivity index (χ0v) is 14.9. The predicted molar refractivity (Wildman–Crippen MR) is 94.3 cm³/mol. The third-order valence-corrected chi connectivity index (χ3v) is 4.95. The molecule has 2 aromatic rings. The standard InChI is InChI=1S/C19H25N3O3/c1-21-11-16(10-20-21)7-14-3-4-22(12-14)13-15-8-17(23-2)19-18(9-15)24-5-6-25-19/h8-11,14H,3-7,12-13H2,1-2H3/t14-/m1/s1. The van der Waals surface area contributed by atoms with Crippen LogP contribution in [0.25, 0.3) is 0 Å². The highest BCUT2D eigenvalue weighted by Gasteiger charge is 2.25. The van der Waals surface area contributed by atoms with Crippen molar-refractivity contribution in [3.05, 3.63) is 35.7 Å². The first-order valence-electron chi connectivity index (χ1n) is 8.87. The van der Waals surface area contributed by atoms with Gasteiger partial charge in [-0.15, -0.1) is 0 Å². The maximum absolute atomic E-state index is 5.74. The molecule has 6 heteroatoms. The number of nitrogens with zero attached hydrogens (tertiary/aromatic N) is 3. The summed E-state index contributed by atoms with van der Waals surface area (Å²) in [4.78, 5) is 2.51. The lowest BCUT2D eigenvalue weighted by Crippen LogP contribution is -2.21. The molecule has 0 aliphatic carbocycles. The fourth-order valence-electron chi connectivity index (χ4n) is 3.81. The van der Waals surface area contributed by atoms with E-state index in [4.69, 9.17) is 14.2 Å². The molecule has 0 spiro atoms. The van der Waals surface area contributed by atoms with Crippen molar-refractivity contribution in [1.29, 1.82) is 0 Å².